The van der Waals surface area contributed by atoms with Gasteiger partial charge in [-0.1, -0.05) is 71.8 Å². The number of ether oxygens (including phenoxy) is 2. The SMILES string of the molecule is COCCOc1cc[c-]c(-c2cc(C(CNCC(C)(C)O)c3ccccc3)ccc2Cl)c1F.[NH2-].[Y]. The van der Waals surface area contributed by atoms with E-state index in [0.717, 1.165) is 11.1 Å². The predicted molar refractivity (Wildman–Crippen MR) is 136 cm³/mol. The van der Waals surface area contributed by atoms with E-state index in [9.17, 15) is 5.11 Å². The van der Waals surface area contributed by atoms with Gasteiger partial charge in [0.15, 0.2) is 0 Å². The van der Waals surface area contributed by atoms with Crippen molar-refractivity contribution in [2.75, 3.05) is 33.4 Å². The van der Waals surface area contributed by atoms with Gasteiger partial charge in [0.1, 0.15) is 6.61 Å². The standard InChI is InChI=1S/C27H30ClFNO3.H2N.Y/c1-27(2,31)18-30-17-23(19-8-5-4-6-9-19)20-12-13-24(28)22(16-20)21-10-7-11-25(26(21)29)33-15-14-32-3;;/h4-9,11-13,16,23,30-31H,14-15,17-18H2,1-3H3;1H2;/q2*-1;. The number of hydrogen-bond acceptors (Lipinski definition) is 4. The van der Waals surface area contributed by atoms with Gasteiger partial charge >= 0.3 is 0 Å². The molecular formula is C27H32ClFN2O3Y-2. The normalized spacial score (nSPS) is 11.8. The maximum atomic E-state index is 15.3. The molecular weight excluding hydrogens is 544 g/mol. The molecule has 1 radical (unpaired) electrons. The Morgan fingerprint density at radius 3 is 2.46 bits per heavy atom. The van der Waals surface area contributed by atoms with Crippen LogP contribution in [0.5, 0.6) is 5.75 Å². The Balaban J connectivity index is 0.00000306. The molecule has 0 saturated carbocycles. The van der Waals surface area contributed by atoms with E-state index in [1.807, 2.05) is 30.3 Å². The van der Waals surface area contributed by atoms with Crippen molar-refractivity contribution >= 4 is 11.6 Å². The predicted octanol–water partition coefficient (Wildman–Crippen LogP) is 6.18. The average Bonchev–Trinajstić information content (AvgIpc) is 2.79. The number of nitrogens with one attached hydrogen (secondary N) is 1. The summed E-state index contributed by atoms with van der Waals surface area (Å²) in [7, 11) is 1.56. The van der Waals surface area contributed by atoms with E-state index in [4.69, 9.17) is 21.1 Å². The van der Waals surface area contributed by atoms with Crippen LogP contribution in [-0.4, -0.2) is 44.1 Å². The summed E-state index contributed by atoms with van der Waals surface area (Å²) in [6.07, 6.45) is 0. The number of methoxy groups -OCH3 is 1. The first-order valence-corrected chi connectivity index (χ1v) is 11.3. The van der Waals surface area contributed by atoms with Crippen molar-refractivity contribution in [2.24, 2.45) is 0 Å². The van der Waals surface area contributed by atoms with E-state index in [-0.39, 0.29) is 62.7 Å². The molecule has 4 N–H and O–H groups in total. The van der Waals surface area contributed by atoms with Gasteiger partial charge in [0.25, 0.3) is 0 Å². The molecule has 35 heavy (non-hydrogen) atoms. The second-order valence-corrected chi connectivity index (χ2v) is 8.93. The summed E-state index contributed by atoms with van der Waals surface area (Å²) in [4.78, 5) is 0. The van der Waals surface area contributed by atoms with Crippen LogP contribution in [0.3, 0.4) is 0 Å². The summed E-state index contributed by atoms with van der Waals surface area (Å²) in [5.41, 5.74) is 2.06. The minimum absolute atomic E-state index is 0. The molecule has 1 atom stereocenters. The molecule has 0 heterocycles. The second kappa shape index (κ2) is 15.0. The van der Waals surface area contributed by atoms with E-state index >= 15 is 4.39 Å². The molecule has 0 aromatic heterocycles. The number of halogens is 2. The van der Waals surface area contributed by atoms with Crippen LogP contribution in [0.4, 0.5) is 4.39 Å². The Labute approximate surface area is 237 Å². The molecule has 0 aliphatic carbocycles. The van der Waals surface area contributed by atoms with Gasteiger partial charge in [0.2, 0.25) is 0 Å². The molecule has 1 unspecified atom stereocenters. The molecule has 0 aliphatic rings. The van der Waals surface area contributed by atoms with Crippen LogP contribution in [0.15, 0.2) is 60.7 Å². The van der Waals surface area contributed by atoms with E-state index in [1.165, 1.54) is 0 Å². The molecule has 0 bridgehead atoms. The van der Waals surface area contributed by atoms with Crippen molar-refractivity contribution in [1.82, 2.24) is 5.32 Å². The van der Waals surface area contributed by atoms with E-state index < -0.39 is 11.4 Å². The van der Waals surface area contributed by atoms with Crippen LogP contribution in [0.1, 0.15) is 30.9 Å². The summed E-state index contributed by atoms with van der Waals surface area (Å²) >= 11 is 6.50. The zero-order valence-electron chi connectivity index (χ0n) is 20.4. The summed E-state index contributed by atoms with van der Waals surface area (Å²) in [5.74, 6) is -0.397. The van der Waals surface area contributed by atoms with Gasteiger partial charge in [0.05, 0.1) is 23.8 Å². The Bertz CT molecular complexity index is 1050. The maximum Gasteiger partial charge on any atom is 0.109 e. The van der Waals surface area contributed by atoms with Gasteiger partial charge in [-0.15, -0.1) is 17.7 Å². The van der Waals surface area contributed by atoms with Crippen molar-refractivity contribution in [3.8, 4) is 16.9 Å². The molecule has 5 nitrogen and oxygen atoms in total. The monoisotopic (exact) mass is 575 g/mol. The van der Waals surface area contributed by atoms with Crippen LogP contribution in [-0.2, 0) is 37.4 Å². The minimum Gasteiger partial charge on any atom is -0.693 e. The number of aliphatic hydroxyl groups is 1. The maximum absolute atomic E-state index is 15.3. The number of nitrogens with two attached hydrogens (primary N) is 1. The Morgan fingerprint density at radius 1 is 1.09 bits per heavy atom. The average molecular weight is 576 g/mol. The van der Waals surface area contributed by atoms with Crippen LogP contribution in [0.25, 0.3) is 17.3 Å². The molecule has 3 aromatic rings. The summed E-state index contributed by atoms with van der Waals surface area (Å²) in [6, 6.07) is 21.8. The van der Waals surface area contributed by atoms with Crippen molar-refractivity contribution < 1.29 is 51.7 Å². The van der Waals surface area contributed by atoms with Gasteiger partial charge in [-0.05, 0) is 25.0 Å². The van der Waals surface area contributed by atoms with E-state index in [2.05, 4.69) is 23.5 Å². The largest absolute Gasteiger partial charge is 0.693 e. The third-order valence-corrected chi connectivity index (χ3v) is 5.54. The Kier molecular flexibility index (Phi) is 13.6. The van der Waals surface area contributed by atoms with Crippen LogP contribution < -0.4 is 10.1 Å². The zero-order chi connectivity index (χ0) is 23.8. The molecule has 0 aliphatic heterocycles. The summed E-state index contributed by atoms with van der Waals surface area (Å²) in [5, 5.41) is 13.9. The van der Waals surface area contributed by atoms with Crippen LogP contribution >= 0.6 is 11.6 Å². The summed E-state index contributed by atoms with van der Waals surface area (Å²) < 4.78 is 25.8. The molecule has 3 aromatic carbocycles. The summed E-state index contributed by atoms with van der Waals surface area (Å²) in [6.45, 7) is 5.17. The molecule has 3 rings (SSSR count). The van der Waals surface area contributed by atoms with E-state index in [1.54, 1.807) is 39.2 Å². The number of rotatable bonds is 11. The fourth-order valence-corrected chi connectivity index (χ4v) is 3.80. The molecule has 0 saturated heterocycles. The van der Waals surface area contributed by atoms with Gasteiger partial charge in [-0.3, -0.25) is 4.39 Å². The van der Waals surface area contributed by atoms with Crippen molar-refractivity contribution in [3.63, 3.8) is 0 Å². The first-order chi connectivity index (χ1) is 15.8. The van der Waals surface area contributed by atoms with Crippen LogP contribution in [0, 0.1) is 11.9 Å². The van der Waals surface area contributed by atoms with Gasteiger partial charge in [-0.2, -0.15) is 0 Å². The molecule has 0 fully saturated rings. The topological polar surface area (TPSA) is 84.2 Å². The zero-order valence-corrected chi connectivity index (χ0v) is 23.9. The molecule has 0 spiro atoms. The minimum atomic E-state index is -0.826. The van der Waals surface area contributed by atoms with Gasteiger partial charge in [-0.25, -0.2) is 0 Å². The van der Waals surface area contributed by atoms with Crippen molar-refractivity contribution in [1.29, 1.82) is 0 Å². The fourth-order valence-electron chi connectivity index (χ4n) is 3.59. The third kappa shape index (κ3) is 9.21. The smallest absolute Gasteiger partial charge is 0.109 e. The first kappa shape index (κ1) is 31.7. The van der Waals surface area contributed by atoms with Gasteiger partial charge in [0, 0.05) is 63.8 Å². The van der Waals surface area contributed by atoms with Crippen molar-refractivity contribution in [3.05, 3.63) is 94.8 Å². The molecule has 187 valence electrons. The first-order valence-electron chi connectivity index (χ1n) is 10.9. The van der Waals surface area contributed by atoms with E-state index in [0.29, 0.717) is 30.3 Å². The Hall–Kier alpha value is -1.38. The van der Waals surface area contributed by atoms with Crippen LogP contribution in [0.2, 0.25) is 5.02 Å². The van der Waals surface area contributed by atoms with Gasteiger partial charge < -0.3 is 26.0 Å². The number of benzene rings is 3. The van der Waals surface area contributed by atoms with Crippen molar-refractivity contribution in [2.45, 2.75) is 25.4 Å². The third-order valence-electron chi connectivity index (χ3n) is 5.21. The molecule has 0 amide bonds. The number of hydrogen-bond donors (Lipinski definition) is 2. The fraction of sp³-hybridized carbons (Fsp3) is 0.333. The second-order valence-electron chi connectivity index (χ2n) is 8.52. The molecule has 8 heteroatoms. The Morgan fingerprint density at radius 2 is 1.80 bits per heavy atom. The quantitative estimate of drug-likeness (QED) is 0.211.